The van der Waals surface area contributed by atoms with Crippen molar-refractivity contribution < 1.29 is 8.42 Å². The third kappa shape index (κ3) is 5.56. The maximum absolute atomic E-state index is 12.7. The molecule has 0 bridgehead atoms. The van der Waals surface area contributed by atoms with E-state index in [0.29, 0.717) is 11.6 Å². The van der Waals surface area contributed by atoms with Crippen LogP contribution in [-0.2, 0) is 10.0 Å². The summed E-state index contributed by atoms with van der Waals surface area (Å²) < 4.78 is 27.2. The first kappa shape index (κ1) is 25.4. The zero-order valence-corrected chi connectivity index (χ0v) is 23.2. The van der Waals surface area contributed by atoms with Gasteiger partial charge in [-0.15, -0.1) is 11.3 Å². The van der Waals surface area contributed by atoms with Gasteiger partial charge in [0.25, 0.3) is 0 Å². The first-order valence-electron chi connectivity index (χ1n) is 12.3. The van der Waals surface area contributed by atoms with Crippen LogP contribution in [0.3, 0.4) is 0 Å². The van der Waals surface area contributed by atoms with Gasteiger partial charge in [-0.1, -0.05) is 18.2 Å². The maximum atomic E-state index is 12.7. The lowest BCUT2D eigenvalue weighted by Crippen LogP contribution is -2.44. The second-order valence-electron chi connectivity index (χ2n) is 10.3. The zero-order valence-electron chi connectivity index (χ0n) is 21.5. The molecule has 5 rings (SSSR count). The molecule has 4 aromatic rings. The Labute approximate surface area is 222 Å². The summed E-state index contributed by atoms with van der Waals surface area (Å²) in [6.07, 6.45) is 0. The first-order chi connectivity index (χ1) is 17.6. The average molecular weight is 537 g/mol. The Morgan fingerprint density at radius 1 is 0.919 bits per heavy atom. The maximum Gasteiger partial charge on any atom is 0.237 e. The van der Waals surface area contributed by atoms with Gasteiger partial charge in [-0.05, 0) is 69.6 Å². The van der Waals surface area contributed by atoms with E-state index in [1.54, 1.807) is 38.2 Å². The lowest BCUT2D eigenvalue weighted by atomic mass is 10.1. The third-order valence-electron chi connectivity index (χ3n) is 6.49. The Kier molecular flexibility index (Phi) is 6.82. The van der Waals surface area contributed by atoms with Crippen molar-refractivity contribution in [3.05, 3.63) is 60.0 Å². The quantitative estimate of drug-likeness (QED) is 0.341. The summed E-state index contributed by atoms with van der Waals surface area (Å²) in [6.45, 7) is 9.11. The minimum atomic E-state index is -3.55. The van der Waals surface area contributed by atoms with Crippen molar-refractivity contribution in [2.24, 2.45) is 0 Å². The van der Waals surface area contributed by atoms with Gasteiger partial charge in [0, 0.05) is 54.2 Å². The summed E-state index contributed by atoms with van der Waals surface area (Å²) in [5.41, 5.74) is 4.16. The molecular weight excluding hydrogens is 504 g/mol. The van der Waals surface area contributed by atoms with Crippen LogP contribution in [0.15, 0.2) is 60.0 Å². The van der Waals surface area contributed by atoms with Crippen molar-refractivity contribution in [1.82, 2.24) is 14.9 Å². The number of piperazine rings is 1. The predicted octanol–water partition coefficient (Wildman–Crippen LogP) is 5.39. The fourth-order valence-electron chi connectivity index (χ4n) is 4.14. The number of hydrogen-bond acceptors (Lipinski definition) is 8. The zero-order chi connectivity index (χ0) is 26.2. The van der Waals surface area contributed by atoms with Crippen LogP contribution in [0.5, 0.6) is 0 Å². The van der Waals surface area contributed by atoms with E-state index in [1.165, 1.54) is 5.69 Å². The van der Waals surface area contributed by atoms with E-state index in [2.05, 4.69) is 39.0 Å². The molecule has 3 heterocycles. The summed E-state index contributed by atoms with van der Waals surface area (Å²) in [5, 5.41) is 6.31. The summed E-state index contributed by atoms with van der Waals surface area (Å²) in [4.78, 5) is 15.2. The Bertz CT molecular complexity index is 1520. The van der Waals surface area contributed by atoms with Crippen LogP contribution in [0.4, 0.5) is 23.0 Å². The van der Waals surface area contributed by atoms with Crippen molar-refractivity contribution in [2.75, 3.05) is 48.2 Å². The van der Waals surface area contributed by atoms with E-state index in [1.807, 2.05) is 41.8 Å². The normalized spacial score (nSPS) is 15.2. The van der Waals surface area contributed by atoms with Gasteiger partial charge >= 0.3 is 0 Å². The molecule has 0 saturated carbocycles. The molecule has 2 N–H and O–H groups in total. The minimum Gasteiger partial charge on any atom is -0.369 e. The predicted molar refractivity (Wildman–Crippen MR) is 155 cm³/mol. The van der Waals surface area contributed by atoms with Gasteiger partial charge in [0.2, 0.25) is 16.0 Å². The molecule has 2 aromatic heterocycles. The molecular formula is C27H32N6O2S2. The molecule has 37 heavy (non-hydrogen) atoms. The number of hydrogen-bond donors (Lipinski definition) is 2. The van der Waals surface area contributed by atoms with Gasteiger partial charge in [-0.2, -0.15) is 0 Å². The molecule has 1 fully saturated rings. The van der Waals surface area contributed by atoms with Crippen molar-refractivity contribution in [1.29, 1.82) is 0 Å². The summed E-state index contributed by atoms with van der Waals surface area (Å²) in [6, 6.07) is 17.7. The van der Waals surface area contributed by atoms with E-state index in [-0.39, 0.29) is 0 Å². The van der Waals surface area contributed by atoms with Crippen LogP contribution >= 0.6 is 11.3 Å². The van der Waals surface area contributed by atoms with Crippen LogP contribution in [-0.4, -0.2) is 61.3 Å². The summed E-state index contributed by atoms with van der Waals surface area (Å²) in [7, 11) is -1.39. The summed E-state index contributed by atoms with van der Waals surface area (Å²) >= 11 is 1.55. The van der Waals surface area contributed by atoms with Crippen LogP contribution in [0.2, 0.25) is 0 Å². The van der Waals surface area contributed by atoms with E-state index >= 15 is 0 Å². The van der Waals surface area contributed by atoms with Crippen LogP contribution in [0.25, 0.3) is 21.5 Å². The monoisotopic (exact) mass is 536 g/mol. The molecule has 0 radical (unpaired) electrons. The number of thiophene rings is 1. The average Bonchev–Trinajstić information content (AvgIpc) is 3.32. The lowest BCUT2D eigenvalue weighted by molar-refractivity contribution is 0.313. The summed E-state index contributed by atoms with van der Waals surface area (Å²) in [5.74, 6) is 0.501. The number of sulfonamides is 1. The molecule has 1 aliphatic rings. The van der Waals surface area contributed by atoms with Crippen LogP contribution in [0.1, 0.15) is 20.8 Å². The van der Waals surface area contributed by atoms with E-state index in [0.717, 1.165) is 53.3 Å². The number of aromatic nitrogens is 2. The number of nitrogens with zero attached hydrogens (tertiary/aromatic N) is 4. The topological polar surface area (TPSA) is 90.5 Å². The lowest BCUT2D eigenvalue weighted by Gasteiger charge is -2.34. The standard InChI is InChI=1S/C27H32N6O2S2/c1-27(2,3)37(34,35)31-21-9-5-7-19(17-21)24-23-11-16-36-25(23)30-26(29-24)28-20-8-6-10-22(18-20)33-14-12-32(4)13-15-33/h5-11,16-18,31H,12-15H2,1-4H3,(H,28,29,30). The molecule has 0 aliphatic carbocycles. The van der Waals surface area contributed by atoms with Gasteiger partial charge in [0.15, 0.2) is 0 Å². The number of anilines is 4. The molecule has 194 valence electrons. The Morgan fingerprint density at radius 2 is 1.65 bits per heavy atom. The molecule has 0 atom stereocenters. The molecule has 0 spiro atoms. The number of nitrogens with one attached hydrogen (secondary N) is 2. The molecule has 0 amide bonds. The van der Waals surface area contributed by atoms with Crippen molar-refractivity contribution in [3.63, 3.8) is 0 Å². The highest BCUT2D eigenvalue weighted by Gasteiger charge is 2.29. The highest BCUT2D eigenvalue weighted by atomic mass is 32.2. The Hall–Kier alpha value is -3.21. The number of rotatable bonds is 6. The highest BCUT2D eigenvalue weighted by Crippen LogP contribution is 2.33. The second-order valence-corrected chi connectivity index (χ2v) is 13.6. The molecule has 8 nitrogen and oxygen atoms in total. The van der Waals surface area contributed by atoms with Gasteiger partial charge in [0.1, 0.15) is 4.83 Å². The molecule has 0 unspecified atom stereocenters. The fraction of sp³-hybridized carbons (Fsp3) is 0.333. The van der Waals surface area contributed by atoms with Crippen molar-refractivity contribution in [3.8, 4) is 11.3 Å². The van der Waals surface area contributed by atoms with Crippen LogP contribution in [0, 0.1) is 0 Å². The molecule has 1 aliphatic heterocycles. The van der Waals surface area contributed by atoms with E-state index in [9.17, 15) is 8.42 Å². The fourth-order valence-corrected chi connectivity index (χ4v) is 5.65. The van der Waals surface area contributed by atoms with Crippen molar-refractivity contribution in [2.45, 2.75) is 25.5 Å². The van der Waals surface area contributed by atoms with Gasteiger partial charge < -0.3 is 15.1 Å². The molecule has 2 aromatic carbocycles. The second kappa shape index (κ2) is 9.92. The van der Waals surface area contributed by atoms with Crippen LogP contribution < -0.4 is 14.9 Å². The Balaban J connectivity index is 1.45. The van der Waals surface area contributed by atoms with Crippen molar-refractivity contribution >= 4 is 54.6 Å². The largest absolute Gasteiger partial charge is 0.369 e. The third-order valence-corrected chi connectivity index (χ3v) is 9.41. The van der Waals surface area contributed by atoms with E-state index in [4.69, 9.17) is 9.97 Å². The SMILES string of the molecule is CN1CCN(c2cccc(Nc3nc(-c4cccc(NS(=O)(=O)C(C)(C)C)c4)c4ccsc4n3)c2)CC1. The van der Waals surface area contributed by atoms with Gasteiger partial charge in [-0.25, -0.2) is 18.4 Å². The first-order valence-corrected chi connectivity index (χ1v) is 14.6. The Morgan fingerprint density at radius 3 is 2.41 bits per heavy atom. The number of benzene rings is 2. The van der Waals surface area contributed by atoms with Gasteiger partial charge in [0.05, 0.1) is 10.4 Å². The van der Waals surface area contributed by atoms with Gasteiger partial charge in [-0.3, -0.25) is 4.72 Å². The minimum absolute atomic E-state index is 0.501. The number of likely N-dealkylation sites (N-methyl/N-ethyl adjacent to an activating group) is 1. The molecule has 10 heteroatoms. The van der Waals surface area contributed by atoms with E-state index < -0.39 is 14.8 Å². The smallest absolute Gasteiger partial charge is 0.237 e. The highest BCUT2D eigenvalue weighted by molar-refractivity contribution is 7.94. The molecule has 1 saturated heterocycles. The number of fused-ring (bicyclic) bond motifs is 1.